The minimum atomic E-state index is -0.849. The number of aliphatic hydroxyl groups is 2. The van der Waals surface area contributed by atoms with Crippen molar-refractivity contribution in [2.75, 3.05) is 13.2 Å². The maximum absolute atomic E-state index is 12.5. The quantitative estimate of drug-likeness (QED) is 0.0320. The first-order chi connectivity index (χ1) is 38.0. The standard InChI is InChI=1S/C71H137NO5/c1-3-5-7-9-11-13-15-17-19-21-27-31-35-39-43-47-51-55-59-63-69(74)68(67-73)72-70(75)64-60-56-52-48-44-40-36-32-29-25-23-24-26-30-34-38-42-46-50-54-58-62-66-77-71(76)65-61-57-53-49-45-41-37-33-28-22-20-18-16-14-12-10-8-6-4-2/h25,29,59,63,68-69,73-74H,3-24,26-28,30-58,60-62,64-67H2,1-2H3,(H,72,75)/b29-25-,63-59+. The van der Waals surface area contributed by atoms with Crippen LogP contribution < -0.4 is 5.32 Å². The van der Waals surface area contributed by atoms with E-state index in [1.807, 2.05) is 6.08 Å². The molecule has 0 aromatic heterocycles. The van der Waals surface area contributed by atoms with E-state index in [9.17, 15) is 19.8 Å². The van der Waals surface area contributed by atoms with Crippen molar-refractivity contribution >= 4 is 11.9 Å². The average Bonchev–Trinajstić information content (AvgIpc) is 3.43. The Morgan fingerprint density at radius 2 is 0.610 bits per heavy atom. The molecule has 6 nitrogen and oxygen atoms in total. The fourth-order valence-corrected chi connectivity index (χ4v) is 11.1. The van der Waals surface area contributed by atoms with Gasteiger partial charge in [-0.05, 0) is 57.8 Å². The van der Waals surface area contributed by atoms with Crippen molar-refractivity contribution in [3.8, 4) is 0 Å². The number of rotatable bonds is 66. The maximum atomic E-state index is 12.5. The number of carbonyl (C=O) groups excluding carboxylic acids is 2. The largest absolute Gasteiger partial charge is 0.466 e. The molecule has 0 rings (SSSR count). The van der Waals surface area contributed by atoms with E-state index in [4.69, 9.17) is 4.74 Å². The molecule has 2 unspecified atom stereocenters. The molecule has 0 fully saturated rings. The first-order valence-electron chi connectivity index (χ1n) is 35.1. The number of hydrogen-bond acceptors (Lipinski definition) is 5. The highest BCUT2D eigenvalue weighted by Crippen LogP contribution is 2.19. The summed E-state index contributed by atoms with van der Waals surface area (Å²) in [5.74, 6) is -0.0565. The molecule has 0 aliphatic heterocycles. The van der Waals surface area contributed by atoms with Crippen LogP contribution in [0.4, 0.5) is 0 Å². The van der Waals surface area contributed by atoms with Crippen molar-refractivity contribution < 1.29 is 24.5 Å². The lowest BCUT2D eigenvalue weighted by Crippen LogP contribution is -2.45. The van der Waals surface area contributed by atoms with Gasteiger partial charge in [-0.1, -0.05) is 346 Å². The maximum Gasteiger partial charge on any atom is 0.305 e. The van der Waals surface area contributed by atoms with Gasteiger partial charge in [-0.15, -0.1) is 0 Å². The van der Waals surface area contributed by atoms with Crippen molar-refractivity contribution in [2.24, 2.45) is 0 Å². The highest BCUT2D eigenvalue weighted by atomic mass is 16.5. The molecule has 0 aliphatic rings. The molecule has 0 aromatic carbocycles. The monoisotopic (exact) mass is 1080 g/mol. The molecule has 1 amide bonds. The van der Waals surface area contributed by atoms with Gasteiger partial charge in [-0.3, -0.25) is 9.59 Å². The lowest BCUT2D eigenvalue weighted by Gasteiger charge is -2.20. The second-order valence-electron chi connectivity index (χ2n) is 24.2. The van der Waals surface area contributed by atoms with Gasteiger partial charge in [-0.25, -0.2) is 0 Å². The van der Waals surface area contributed by atoms with E-state index in [0.29, 0.717) is 19.4 Å². The second-order valence-corrected chi connectivity index (χ2v) is 24.2. The lowest BCUT2D eigenvalue weighted by atomic mass is 10.0. The number of nitrogens with one attached hydrogen (secondary N) is 1. The fraction of sp³-hybridized carbons (Fsp3) is 0.915. The van der Waals surface area contributed by atoms with Gasteiger partial charge in [0.1, 0.15) is 0 Å². The molecule has 0 spiro atoms. The minimum Gasteiger partial charge on any atom is -0.466 e. The average molecular weight is 1080 g/mol. The Bertz CT molecular complexity index is 1200. The number of amides is 1. The summed E-state index contributed by atoms with van der Waals surface area (Å²) in [6.45, 7) is 4.94. The number of aliphatic hydroxyl groups excluding tert-OH is 2. The molecule has 0 aliphatic carbocycles. The van der Waals surface area contributed by atoms with Gasteiger partial charge < -0.3 is 20.3 Å². The van der Waals surface area contributed by atoms with E-state index < -0.39 is 12.1 Å². The normalized spacial score (nSPS) is 12.6. The number of esters is 1. The van der Waals surface area contributed by atoms with E-state index >= 15 is 0 Å². The summed E-state index contributed by atoms with van der Waals surface area (Å²) in [6.07, 6.45) is 83.9. The Labute approximate surface area is 481 Å². The topological polar surface area (TPSA) is 95.9 Å². The van der Waals surface area contributed by atoms with Gasteiger partial charge in [0.15, 0.2) is 0 Å². The Morgan fingerprint density at radius 3 is 0.922 bits per heavy atom. The Hall–Kier alpha value is -1.66. The zero-order chi connectivity index (χ0) is 55.7. The van der Waals surface area contributed by atoms with E-state index in [1.165, 1.54) is 321 Å². The van der Waals surface area contributed by atoms with Gasteiger partial charge in [-0.2, -0.15) is 0 Å². The SMILES string of the molecule is CCCCCCCCCCCCCCCCCCC/C=C/C(O)C(CO)NC(=O)CCCCCCCCC/C=C\CCCCCCCCCCCCCOC(=O)CCCCCCCCCCCCCCCCCCCCC. The molecule has 0 radical (unpaired) electrons. The Kier molecular flexibility index (Phi) is 65.4. The van der Waals surface area contributed by atoms with Crippen LogP contribution in [-0.2, 0) is 14.3 Å². The zero-order valence-corrected chi connectivity index (χ0v) is 52.2. The van der Waals surface area contributed by atoms with Crippen LogP contribution in [0.25, 0.3) is 0 Å². The fourth-order valence-electron chi connectivity index (χ4n) is 11.1. The molecular formula is C71H137NO5. The molecule has 456 valence electrons. The van der Waals surface area contributed by atoms with Crippen molar-refractivity contribution in [2.45, 2.75) is 405 Å². The lowest BCUT2D eigenvalue weighted by molar-refractivity contribution is -0.143. The van der Waals surface area contributed by atoms with Gasteiger partial charge in [0.05, 0.1) is 25.4 Å². The third kappa shape index (κ3) is 63.4. The summed E-state index contributed by atoms with van der Waals surface area (Å²) in [5.41, 5.74) is 0. The molecule has 6 heteroatoms. The number of hydrogen-bond donors (Lipinski definition) is 3. The highest BCUT2D eigenvalue weighted by molar-refractivity contribution is 5.76. The highest BCUT2D eigenvalue weighted by Gasteiger charge is 2.18. The van der Waals surface area contributed by atoms with E-state index in [-0.39, 0.29) is 18.5 Å². The predicted molar refractivity (Wildman–Crippen MR) is 338 cm³/mol. The van der Waals surface area contributed by atoms with Gasteiger partial charge in [0.25, 0.3) is 0 Å². The molecular weight excluding hydrogens is 947 g/mol. The van der Waals surface area contributed by atoms with Crippen LogP contribution in [-0.4, -0.2) is 47.4 Å². The summed E-state index contributed by atoms with van der Waals surface area (Å²) in [5, 5.41) is 23.2. The number of ether oxygens (including phenoxy) is 1. The Morgan fingerprint density at radius 1 is 0.351 bits per heavy atom. The van der Waals surface area contributed by atoms with Crippen LogP contribution >= 0.6 is 0 Å². The summed E-state index contributed by atoms with van der Waals surface area (Å²) in [4.78, 5) is 24.6. The molecule has 0 bridgehead atoms. The van der Waals surface area contributed by atoms with E-state index in [2.05, 4.69) is 31.3 Å². The van der Waals surface area contributed by atoms with Crippen LogP contribution in [0.5, 0.6) is 0 Å². The minimum absolute atomic E-state index is 0.0150. The van der Waals surface area contributed by atoms with Crippen LogP contribution in [0.2, 0.25) is 0 Å². The van der Waals surface area contributed by atoms with Crippen molar-refractivity contribution in [1.29, 1.82) is 0 Å². The smallest absolute Gasteiger partial charge is 0.305 e. The molecule has 0 aromatic rings. The van der Waals surface area contributed by atoms with Crippen LogP contribution in [0.1, 0.15) is 393 Å². The number of carbonyl (C=O) groups is 2. The van der Waals surface area contributed by atoms with Crippen LogP contribution in [0.15, 0.2) is 24.3 Å². The first-order valence-corrected chi connectivity index (χ1v) is 35.1. The third-order valence-corrected chi connectivity index (χ3v) is 16.5. The zero-order valence-electron chi connectivity index (χ0n) is 52.2. The number of allylic oxidation sites excluding steroid dienone is 3. The molecule has 0 saturated carbocycles. The van der Waals surface area contributed by atoms with Gasteiger partial charge >= 0.3 is 5.97 Å². The molecule has 0 heterocycles. The molecule has 3 N–H and O–H groups in total. The van der Waals surface area contributed by atoms with E-state index in [1.54, 1.807) is 6.08 Å². The van der Waals surface area contributed by atoms with Crippen molar-refractivity contribution in [1.82, 2.24) is 5.32 Å². The van der Waals surface area contributed by atoms with Crippen molar-refractivity contribution in [3.63, 3.8) is 0 Å². The Balaban J connectivity index is 3.41. The van der Waals surface area contributed by atoms with Gasteiger partial charge in [0, 0.05) is 12.8 Å². The first kappa shape index (κ1) is 75.3. The molecule has 2 atom stereocenters. The third-order valence-electron chi connectivity index (χ3n) is 16.5. The predicted octanol–water partition coefficient (Wildman–Crippen LogP) is 22.5. The molecule has 0 saturated heterocycles. The van der Waals surface area contributed by atoms with Crippen LogP contribution in [0, 0.1) is 0 Å². The summed E-state index contributed by atoms with van der Waals surface area (Å²) < 4.78 is 5.51. The number of unbranched alkanes of at least 4 members (excludes halogenated alkanes) is 53. The summed E-state index contributed by atoms with van der Waals surface area (Å²) >= 11 is 0. The van der Waals surface area contributed by atoms with Crippen LogP contribution in [0.3, 0.4) is 0 Å². The van der Waals surface area contributed by atoms with E-state index in [0.717, 1.165) is 44.9 Å². The second kappa shape index (κ2) is 66.8. The molecule has 77 heavy (non-hydrogen) atoms. The van der Waals surface area contributed by atoms with Crippen molar-refractivity contribution in [3.05, 3.63) is 24.3 Å². The summed E-state index contributed by atoms with van der Waals surface area (Å²) in [7, 11) is 0. The van der Waals surface area contributed by atoms with Gasteiger partial charge in [0.2, 0.25) is 5.91 Å². The summed E-state index contributed by atoms with van der Waals surface area (Å²) in [6, 6.07) is -0.633.